The Labute approximate surface area is 109 Å². The molecule has 2 rings (SSSR count). The first-order valence-corrected chi connectivity index (χ1v) is 6.90. The van der Waals surface area contributed by atoms with E-state index in [0.29, 0.717) is 13.2 Å². The predicted molar refractivity (Wildman–Crippen MR) is 69.0 cm³/mol. The Balaban J connectivity index is 1.79. The molecule has 1 saturated carbocycles. The van der Waals surface area contributed by atoms with Crippen LogP contribution in [0.1, 0.15) is 47.0 Å². The number of rotatable bonds is 3. The summed E-state index contributed by atoms with van der Waals surface area (Å²) >= 11 is 0. The monoisotopic (exact) mass is 255 g/mol. The maximum absolute atomic E-state index is 12.2. The molecule has 2 fully saturated rings. The number of ether oxygens (including phenoxy) is 2. The maximum atomic E-state index is 12.2. The lowest BCUT2D eigenvalue weighted by Gasteiger charge is -2.26. The average Bonchev–Trinajstić information content (AvgIpc) is 2.77. The lowest BCUT2D eigenvalue weighted by molar-refractivity contribution is -0.140. The van der Waals surface area contributed by atoms with E-state index in [2.05, 4.69) is 19.2 Å². The van der Waals surface area contributed by atoms with E-state index >= 15 is 0 Å². The van der Waals surface area contributed by atoms with E-state index in [4.69, 9.17) is 9.47 Å². The molecule has 2 aliphatic rings. The van der Waals surface area contributed by atoms with Gasteiger partial charge < -0.3 is 14.8 Å². The first-order chi connectivity index (χ1) is 8.30. The largest absolute Gasteiger partial charge is 0.353 e. The van der Waals surface area contributed by atoms with E-state index in [-0.39, 0.29) is 23.3 Å². The lowest BCUT2D eigenvalue weighted by Crippen LogP contribution is -2.40. The fourth-order valence-electron chi connectivity index (χ4n) is 3.01. The molecule has 0 aromatic heterocycles. The van der Waals surface area contributed by atoms with Gasteiger partial charge in [0, 0.05) is 12.5 Å². The minimum Gasteiger partial charge on any atom is -0.353 e. The summed E-state index contributed by atoms with van der Waals surface area (Å²) in [4.78, 5) is 12.2. The predicted octanol–water partition coefficient (Wildman–Crippen LogP) is 2.08. The fourth-order valence-corrected chi connectivity index (χ4v) is 3.01. The van der Waals surface area contributed by atoms with Crippen molar-refractivity contribution >= 4 is 5.91 Å². The highest BCUT2D eigenvalue weighted by molar-refractivity contribution is 5.79. The molecule has 0 aromatic carbocycles. The molecule has 2 atom stereocenters. The molecule has 4 heteroatoms. The van der Waals surface area contributed by atoms with E-state index in [1.807, 2.05) is 13.8 Å². The molecular formula is C14H25NO3. The summed E-state index contributed by atoms with van der Waals surface area (Å²) < 4.78 is 11.2. The maximum Gasteiger partial charge on any atom is 0.223 e. The van der Waals surface area contributed by atoms with Gasteiger partial charge >= 0.3 is 0 Å². The molecule has 0 aromatic rings. The van der Waals surface area contributed by atoms with E-state index in [1.165, 1.54) is 0 Å². The van der Waals surface area contributed by atoms with Crippen LogP contribution in [-0.4, -0.2) is 30.9 Å². The number of amides is 1. The summed E-state index contributed by atoms with van der Waals surface area (Å²) in [6.07, 6.45) is 3.28. The molecule has 4 nitrogen and oxygen atoms in total. The van der Waals surface area contributed by atoms with Crippen LogP contribution in [0.15, 0.2) is 0 Å². The van der Waals surface area contributed by atoms with Crippen molar-refractivity contribution in [1.29, 1.82) is 0 Å². The highest BCUT2D eigenvalue weighted by atomic mass is 16.7. The van der Waals surface area contributed by atoms with Gasteiger partial charge in [-0.1, -0.05) is 20.3 Å². The Kier molecular flexibility index (Phi) is 3.70. The number of hydrogen-bond donors (Lipinski definition) is 1. The average molecular weight is 255 g/mol. The van der Waals surface area contributed by atoms with E-state index in [1.54, 1.807) is 0 Å². The van der Waals surface area contributed by atoms with Crippen molar-refractivity contribution in [2.24, 2.45) is 11.3 Å². The Morgan fingerprint density at radius 2 is 2.06 bits per heavy atom. The van der Waals surface area contributed by atoms with Gasteiger partial charge in [-0.15, -0.1) is 0 Å². The third-order valence-corrected chi connectivity index (χ3v) is 4.14. The van der Waals surface area contributed by atoms with E-state index in [0.717, 1.165) is 19.3 Å². The van der Waals surface area contributed by atoms with Crippen molar-refractivity contribution < 1.29 is 14.3 Å². The van der Waals surface area contributed by atoms with Gasteiger partial charge in [0.05, 0.1) is 6.61 Å². The zero-order chi connectivity index (χ0) is 13.4. The third kappa shape index (κ3) is 3.04. The number of hydrogen-bond acceptors (Lipinski definition) is 3. The van der Waals surface area contributed by atoms with Crippen LogP contribution in [0, 0.1) is 11.3 Å². The Bertz CT molecular complexity index is 325. The molecule has 0 bridgehead atoms. The van der Waals surface area contributed by atoms with Gasteiger partial charge in [0.15, 0.2) is 5.79 Å². The van der Waals surface area contributed by atoms with Crippen molar-refractivity contribution in [3.63, 3.8) is 0 Å². The zero-order valence-electron chi connectivity index (χ0n) is 11.9. The summed E-state index contributed by atoms with van der Waals surface area (Å²) in [6, 6.07) is 0. The molecule has 1 amide bonds. The van der Waals surface area contributed by atoms with Crippen LogP contribution in [0.5, 0.6) is 0 Å². The number of carbonyl (C=O) groups excluding carboxylic acids is 1. The second-order valence-electron chi connectivity index (χ2n) is 6.63. The molecule has 1 saturated heterocycles. The van der Waals surface area contributed by atoms with Crippen LogP contribution in [0.2, 0.25) is 0 Å². The zero-order valence-corrected chi connectivity index (χ0v) is 11.9. The normalized spacial score (nSPS) is 33.6. The Hall–Kier alpha value is -0.610. The summed E-state index contributed by atoms with van der Waals surface area (Å²) in [5, 5.41) is 3.02. The van der Waals surface area contributed by atoms with Gasteiger partial charge in [-0.3, -0.25) is 4.79 Å². The van der Waals surface area contributed by atoms with Crippen molar-refractivity contribution in [2.45, 2.75) is 58.8 Å². The van der Waals surface area contributed by atoms with Gasteiger partial charge in [0.2, 0.25) is 5.91 Å². The molecule has 0 radical (unpaired) electrons. The lowest BCUT2D eigenvalue weighted by atomic mass is 9.81. The first-order valence-electron chi connectivity index (χ1n) is 6.90. The molecule has 1 heterocycles. The Morgan fingerprint density at radius 3 is 2.56 bits per heavy atom. The number of carbonyl (C=O) groups is 1. The topological polar surface area (TPSA) is 47.6 Å². The van der Waals surface area contributed by atoms with Gasteiger partial charge in [-0.05, 0) is 32.1 Å². The van der Waals surface area contributed by atoms with Crippen LogP contribution >= 0.6 is 0 Å². The van der Waals surface area contributed by atoms with Gasteiger partial charge in [0.25, 0.3) is 0 Å². The van der Waals surface area contributed by atoms with Gasteiger partial charge in [0.1, 0.15) is 6.10 Å². The fraction of sp³-hybridized carbons (Fsp3) is 0.929. The van der Waals surface area contributed by atoms with Gasteiger partial charge in [-0.2, -0.15) is 0 Å². The summed E-state index contributed by atoms with van der Waals surface area (Å²) in [5.74, 6) is -0.194. The standard InChI is InChI=1S/C14H25NO3/c1-13(2)7-5-6-11(13)12(16)15-8-10-9-17-14(3,4)18-10/h10-11H,5-9H2,1-4H3,(H,15,16). The molecule has 104 valence electrons. The van der Waals surface area contributed by atoms with Crippen molar-refractivity contribution in [3.05, 3.63) is 0 Å². The summed E-state index contributed by atoms with van der Waals surface area (Å²) in [6.45, 7) is 9.27. The smallest absolute Gasteiger partial charge is 0.223 e. The van der Waals surface area contributed by atoms with Crippen LogP contribution in [0.4, 0.5) is 0 Å². The second-order valence-corrected chi connectivity index (χ2v) is 6.63. The second kappa shape index (κ2) is 4.82. The van der Waals surface area contributed by atoms with Crippen molar-refractivity contribution in [1.82, 2.24) is 5.32 Å². The number of nitrogens with one attached hydrogen (secondary N) is 1. The Morgan fingerprint density at radius 1 is 1.33 bits per heavy atom. The molecule has 1 N–H and O–H groups in total. The van der Waals surface area contributed by atoms with E-state index in [9.17, 15) is 4.79 Å². The molecule has 0 spiro atoms. The quantitative estimate of drug-likeness (QED) is 0.840. The first kappa shape index (κ1) is 13.8. The molecule has 18 heavy (non-hydrogen) atoms. The summed E-state index contributed by atoms with van der Waals surface area (Å²) in [5.41, 5.74) is 0.135. The van der Waals surface area contributed by atoms with E-state index < -0.39 is 5.79 Å². The van der Waals surface area contributed by atoms with Crippen LogP contribution in [0.3, 0.4) is 0 Å². The van der Waals surface area contributed by atoms with Crippen LogP contribution in [-0.2, 0) is 14.3 Å². The summed E-state index contributed by atoms with van der Waals surface area (Å²) in [7, 11) is 0. The molecule has 1 aliphatic carbocycles. The van der Waals surface area contributed by atoms with Crippen LogP contribution < -0.4 is 5.32 Å². The van der Waals surface area contributed by atoms with Gasteiger partial charge in [-0.25, -0.2) is 0 Å². The molecular weight excluding hydrogens is 230 g/mol. The van der Waals surface area contributed by atoms with Crippen molar-refractivity contribution in [3.8, 4) is 0 Å². The minimum atomic E-state index is -0.512. The highest BCUT2D eigenvalue weighted by Crippen LogP contribution is 2.42. The minimum absolute atomic E-state index is 0.0199. The highest BCUT2D eigenvalue weighted by Gasteiger charge is 2.40. The van der Waals surface area contributed by atoms with Crippen molar-refractivity contribution in [2.75, 3.05) is 13.2 Å². The SMILES string of the molecule is CC1(C)OCC(CNC(=O)C2CCCC2(C)C)O1. The third-order valence-electron chi connectivity index (χ3n) is 4.14. The molecule has 1 aliphatic heterocycles. The van der Waals surface area contributed by atoms with Crippen LogP contribution in [0.25, 0.3) is 0 Å². The molecule has 2 unspecified atom stereocenters.